The maximum absolute atomic E-state index is 12.1. The predicted molar refractivity (Wildman–Crippen MR) is 98.5 cm³/mol. The van der Waals surface area contributed by atoms with E-state index in [1.54, 1.807) is 12.1 Å². The molecule has 0 fully saturated rings. The van der Waals surface area contributed by atoms with Crippen LogP contribution in [0.25, 0.3) is 6.08 Å². The Morgan fingerprint density at radius 2 is 1.62 bits per heavy atom. The highest BCUT2D eigenvalue weighted by Crippen LogP contribution is 2.15. The summed E-state index contributed by atoms with van der Waals surface area (Å²) in [7, 11) is 1.48. The Morgan fingerprint density at radius 1 is 1.00 bits per heavy atom. The van der Waals surface area contributed by atoms with E-state index in [0.717, 1.165) is 6.08 Å². The zero-order chi connectivity index (χ0) is 21.2. The maximum atomic E-state index is 12.1. The normalized spacial score (nSPS) is 10.6. The van der Waals surface area contributed by atoms with Crippen molar-refractivity contribution in [3.05, 3.63) is 65.7 Å². The highest BCUT2D eigenvalue weighted by Gasteiger charge is 2.12. The molecule has 9 heteroatoms. The number of nitrogens with one attached hydrogen (secondary N) is 1. The lowest BCUT2D eigenvalue weighted by atomic mass is 10.2. The fraction of sp³-hybridized carbons (Fsp3) is 0.150. The highest BCUT2D eigenvalue weighted by molar-refractivity contribution is 6.05. The van der Waals surface area contributed by atoms with Crippen LogP contribution in [0, 0.1) is 0 Å². The lowest BCUT2D eigenvalue weighted by Crippen LogP contribution is -2.34. The van der Waals surface area contributed by atoms with E-state index in [-0.39, 0.29) is 11.3 Å². The van der Waals surface area contributed by atoms with E-state index >= 15 is 0 Å². The molecule has 0 aliphatic carbocycles. The molecule has 0 atom stereocenters. The van der Waals surface area contributed by atoms with E-state index < -0.39 is 31.0 Å². The summed E-state index contributed by atoms with van der Waals surface area (Å²) >= 11 is 0. The van der Waals surface area contributed by atoms with Crippen molar-refractivity contribution in [2.45, 2.75) is 6.61 Å². The fourth-order valence-electron chi connectivity index (χ4n) is 2.09. The average molecular weight is 405 g/mol. The number of esters is 1. The number of methoxy groups -OCH3 is 1. The third-order valence-electron chi connectivity index (χ3n) is 3.47. The van der Waals surface area contributed by atoms with Crippen LogP contribution in [0.1, 0.15) is 15.9 Å². The molecule has 0 aliphatic rings. The minimum atomic E-state index is -2.92. The number of imide groups is 1. The molecule has 2 aromatic rings. The maximum Gasteiger partial charge on any atom is 0.387 e. The number of alkyl halides is 2. The molecule has 1 N–H and O–H groups in total. The first-order valence-corrected chi connectivity index (χ1v) is 8.25. The predicted octanol–water partition coefficient (Wildman–Crippen LogP) is 2.81. The van der Waals surface area contributed by atoms with Gasteiger partial charge in [0.25, 0.3) is 11.8 Å². The Hall–Kier alpha value is -3.75. The third-order valence-corrected chi connectivity index (χ3v) is 3.47. The minimum Gasteiger partial charge on any atom is -0.497 e. The molecule has 0 aromatic heterocycles. The number of carbonyl (C=O) groups excluding carboxylic acids is 3. The summed E-state index contributed by atoms with van der Waals surface area (Å²) in [5.74, 6) is -1.70. The Morgan fingerprint density at radius 3 is 2.21 bits per heavy atom. The van der Waals surface area contributed by atoms with Crippen molar-refractivity contribution in [2.24, 2.45) is 0 Å². The van der Waals surface area contributed by atoms with Gasteiger partial charge < -0.3 is 14.2 Å². The number of hydrogen-bond donors (Lipinski definition) is 1. The van der Waals surface area contributed by atoms with Gasteiger partial charge in [-0.1, -0.05) is 12.1 Å². The van der Waals surface area contributed by atoms with Gasteiger partial charge in [0.2, 0.25) is 0 Å². The van der Waals surface area contributed by atoms with Crippen LogP contribution in [0.4, 0.5) is 8.78 Å². The van der Waals surface area contributed by atoms with Gasteiger partial charge in [-0.25, -0.2) is 4.79 Å². The van der Waals surface area contributed by atoms with Crippen molar-refractivity contribution in [1.29, 1.82) is 0 Å². The van der Waals surface area contributed by atoms with Crippen molar-refractivity contribution in [1.82, 2.24) is 5.32 Å². The quantitative estimate of drug-likeness (QED) is 0.537. The van der Waals surface area contributed by atoms with Gasteiger partial charge in [0, 0.05) is 11.6 Å². The Kier molecular flexibility index (Phi) is 7.84. The fourth-order valence-corrected chi connectivity index (χ4v) is 2.09. The Bertz CT molecular complexity index is 879. The van der Waals surface area contributed by atoms with Gasteiger partial charge in [-0.2, -0.15) is 8.78 Å². The smallest absolute Gasteiger partial charge is 0.387 e. The van der Waals surface area contributed by atoms with Crippen LogP contribution in [0.3, 0.4) is 0 Å². The lowest BCUT2D eigenvalue weighted by Gasteiger charge is -2.05. The SMILES string of the molecule is COc1ccc(C(=O)NC(=O)COC(=O)/C=C/c2ccc(OC(F)F)cc2)cc1. The number of halogens is 2. The molecule has 0 spiro atoms. The first kappa shape index (κ1) is 21.5. The highest BCUT2D eigenvalue weighted by atomic mass is 19.3. The summed E-state index contributed by atoms with van der Waals surface area (Å²) < 4.78 is 38.1. The van der Waals surface area contributed by atoms with Gasteiger partial charge in [-0.05, 0) is 48.0 Å². The second-order valence-electron chi connectivity index (χ2n) is 5.49. The largest absolute Gasteiger partial charge is 0.497 e. The van der Waals surface area contributed by atoms with Gasteiger partial charge in [0.1, 0.15) is 11.5 Å². The van der Waals surface area contributed by atoms with Crippen molar-refractivity contribution in [3.8, 4) is 11.5 Å². The second kappa shape index (κ2) is 10.5. The lowest BCUT2D eigenvalue weighted by molar-refractivity contribution is -0.143. The third kappa shape index (κ3) is 7.41. The zero-order valence-electron chi connectivity index (χ0n) is 15.3. The van der Waals surface area contributed by atoms with E-state index in [2.05, 4.69) is 10.1 Å². The minimum absolute atomic E-state index is 0.0158. The molecule has 0 aliphatic heterocycles. The van der Waals surface area contributed by atoms with Gasteiger partial charge in [-0.15, -0.1) is 0 Å². The van der Waals surface area contributed by atoms with Gasteiger partial charge >= 0.3 is 12.6 Å². The number of benzene rings is 2. The second-order valence-corrected chi connectivity index (χ2v) is 5.49. The van der Waals surface area contributed by atoms with E-state index in [1.165, 1.54) is 49.6 Å². The van der Waals surface area contributed by atoms with E-state index in [4.69, 9.17) is 9.47 Å². The summed E-state index contributed by atoms with van der Waals surface area (Å²) in [5.41, 5.74) is 0.771. The van der Waals surface area contributed by atoms with E-state index in [1.807, 2.05) is 0 Å². The van der Waals surface area contributed by atoms with Crippen LogP contribution in [-0.4, -0.2) is 38.1 Å². The molecule has 2 aromatic carbocycles. The molecule has 0 saturated heterocycles. The summed E-state index contributed by atoms with van der Waals surface area (Å²) in [6, 6.07) is 11.6. The number of amides is 2. The van der Waals surface area contributed by atoms with Crippen LogP contribution in [0.2, 0.25) is 0 Å². The van der Waals surface area contributed by atoms with Crippen molar-refractivity contribution in [3.63, 3.8) is 0 Å². The first-order chi connectivity index (χ1) is 13.9. The molecule has 0 bridgehead atoms. The number of hydrogen-bond acceptors (Lipinski definition) is 6. The van der Waals surface area contributed by atoms with Crippen molar-refractivity contribution < 1.29 is 37.4 Å². The molecule has 0 unspecified atom stereocenters. The van der Waals surface area contributed by atoms with Gasteiger partial charge in [-0.3, -0.25) is 14.9 Å². The van der Waals surface area contributed by atoms with Crippen LogP contribution >= 0.6 is 0 Å². The number of ether oxygens (including phenoxy) is 3. The van der Waals surface area contributed by atoms with Gasteiger partial charge in [0.05, 0.1) is 7.11 Å². The molecule has 152 valence electrons. The average Bonchev–Trinajstić information content (AvgIpc) is 2.71. The van der Waals surface area contributed by atoms with Crippen LogP contribution in [0.15, 0.2) is 54.6 Å². The van der Waals surface area contributed by atoms with E-state index in [9.17, 15) is 23.2 Å². The van der Waals surface area contributed by atoms with Crippen molar-refractivity contribution >= 4 is 23.9 Å². The Labute approximate surface area is 164 Å². The topological polar surface area (TPSA) is 90.9 Å². The zero-order valence-corrected chi connectivity index (χ0v) is 15.3. The Balaban J connectivity index is 1.78. The molecule has 2 rings (SSSR count). The molecular weight excluding hydrogens is 388 g/mol. The van der Waals surface area contributed by atoms with E-state index in [0.29, 0.717) is 11.3 Å². The molecule has 2 amide bonds. The summed E-state index contributed by atoms with van der Waals surface area (Å²) in [6.07, 6.45) is 2.43. The van der Waals surface area contributed by atoms with Crippen molar-refractivity contribution in [2.75, 3.05) is 13.7 Å². The van der Waals surface area contributed by atoms with Crippen LogP contribution in [0.5, 0.6) is 11.5 Å². The number of carbonyl (C=O) groups is 3. The molecule has 0 heterocycles. The molecule has 7 nitrogen and oxygen atoms in total. The van der Waals surface area contributed by atoms with Gasteiger partial charge in [0.15, 0.2) is 6.61 Å². The molecule has 0 radical (unpaired) electrons. The summed E-state index contributed by atoms with van der Waals surface area (Å²) in [6.45, 7) is -3.57. The monoisotopic (exact) mass is 405 g/mol. The van der Waals surface area contributed by atoms with Crippen LogP contribution < -0.4 is 14.8 Å². The first-order valence-electron chi connectivity index (χ1n) is 8.25. The number of rotatable bonds is 8. The standard InChI is InChI=1S/C20H17F2NO6/c1-27-15-9-5-14(6-10-15)19(26)23-17(24)12-28-18(25)11-4-13-2-7-16(8-3-13)29-20(21)22/h2-11,20H,12H2,1H3,(H,23,24,26)/b11-4+. The summed E-state index contributed by atoms with van der Waals surface area (Å²) in [5, 5.41) is 2.09. The summed E-state index contributed by atoms with van der Waals surface area (Å²) in [4.78, 5) is 35.3. The molecule has 29 heavy (non-hydrogen) atoms. The van der Waals surface area contributed by atoms with Crippen LogP contribution in [-0.2, 0) is 14.3 Å². The molecular formula is C20H17F2NO6. The molecule has 0 saturated carbocycles.